The number of aromatic nitrogens is 4. The zero-order chi connectivity index (χ0) is 23.3. The molecule has 6 rings (SSSR count). The van der Waals surface area contributed by atoms with Gasteiger partial charge in [0, 0.05) is 31.6 Å². The third-order valence-electron chi connectivity index (χ3n) is 6.33. The van der Waals surface area contributed by atoms with Gasteiger partial charge in [-0.1, -0.05) is 47.6 Å². The van der Waals surface area contributed by atoms with E-state index in [0.29, 0.717) is 43.2 Å². The molecule has 1 fully saturated rings. The highest BCUT2D eigenvalue weighted by Crippen LogP contribution is 2.41. The van der Waals surface area contributed by atoms with Crippen molar-refractivity contribution in [2.45, 2.75) is 4.90 Å². The van der Waals surface area contributed by atoms with E-state index in [4.69, 9.17) is 0 Å². The van der Waals surface area contributed by atoms with E-state index in [2.05, 4.69) is 15.5 Å². The van der Waals surface area contributed by atoms with Gasteiger partial charge in [0.15, 0.2) is 0 Å². The number of rotatable bonds is 4. The summed E-state index contributed by atoms with van der Waals surface area (Å²) in [6.07, 6.45) is 0. The highest BCUT2D eigenvalue weighted by Gasteiger charge is 2.38. The summed E-state index contributed by atoms with van der Waals surface area (Å²) in [6.45, 7) is 1.76. The number of hydrogen-bond acceptors (Lipinski definition) is 7. The molecule has 2 aliphatic heterocycles. The number of tetrazole rings is 1. The average molecular weight is 476 g/mol. The van der Waals surface area contributed by atoms with E-state index < -0.39 is 10.0 Å². The van der Waals surface area contributed by atoms with Gasteiger partial charge in [-0.05, 0) is 40.1 Å². The van der Waals surface area contributed by atoms with Crippen LogP contribution in [0.25, 0.3) is 16.5 Å². The maximum atomic E-state index is 13.2. The molecule has 10 nitrogen and oxygen atoms in total. The Labute approximate surface area is 196 Å². The Balaban J connectivity index is 1.18. The van der Waals surface area contributed by atoms with E-state index in [1.54, 1.807) is 27.8 Å². The SMILES string of the molecule is O=C(CN1c2cccc3cccc(c23)S1(=O)=O)N1CCN(c2nnnn2-c2ccccc2)CC1. The summed E-state index contributed by atoms with van der Waals surface area (Å²) in [7, 11) is -3.77. The van der Waals surface area contributed by atoms with Crippen LogP contribution in [0.3, 0.4) is 0 Å². The lowest BCUT2D eigenvalue weighted by atomic mass is 10.1. The number of piperazine rings is 1. The fourth-order valence-electron chi connectivity index (χ4n) is 4.62. The summed E-state index contributed by atoms with van der Waals surface area (Å²) < 4.78 is 29.3. The summed E-state index contributed by atoms with van der Waals surface area (Å²) in [5, 5.41) is 13.6. The normalized spacial score (nSPS) is 16.9. The molecule has 0 aliphatic carbocycles. The molecule has 2 aliphatic rings. The summed E-state index contributed by atoms with van der Waals surface area (Å²) in [5.74, 6) is 0.387. The summed E-state index contributed by atoms with van der Waals surface area (Å²) in [5.41, 5.74) is 1.41. The Hall–Kier alpha value is -3.99. The third kappa shape index (κ3) is 3.19. The van der Waals surface area contributed by atoms with Crippen LogP contribution in [0, 0.1) is 0 Å². The highest BCUT2D eigenvalue weighted by atomic mass is 32.2. The van der Waals surface area contributed by atoms with Crippen molar-refractivity contribution in [1.82, 2.24) is 25.1 Å². The number of amides is 1. The number of carbonyl (C=O) groups is 1. The van der Waals surface area contributed by atoms with Crippen molar-refractivity contribution in [3.05, 3.63) is 66.7 Å². The molecule has 3 aromatic carbocycles. The lowest BCUT2D eigenvalue weighted by molar-refractivity contribution is -0.129. The van der Waals surface area contributed by atoms with Crippen LogP contribution >= 0.6 is 0 Å². The number of sulfonamides is 1. The molecule has 0 unspecified atom stereocenters. The van der Waals surface area contributed by atoms with Gasteiger partial charge >= 0.3 is 0 Å². The molecule has 0 spiro atoms. The molecule has 4 aromatic rings. The van der Waals surface area contributed by atoms with Crippen LogP contribution in [0.1, 0.15) is 0 Å². The van der Waals surface area contributed by atoms with Crippen molar-refractivity contribution in [3.8, 4) is 5.69 Å². The van der Waals surface area contributed by atoms with Crippen LogP contribution in [-0.4, -0.2) is 72.2 Å². The van der Waals surface area contributed by atoms with Crippen molar-refractivity contribution >= 4 is 38.3 Å². The lowest BCUT2D eigenvalue weighted by Crippen LogP contribution is -2.52. The van der Waals surface area contributed by atoms with Crippen molar-refractivity contribution < 1.29 is 13.2 Å². The molecule has 1 amide bonds. The first-order valence-corrected chi connectivity index (χ1v) is 12.4. The van der Waals surface area contributed by atoms with Crippen LogP contribution in [0.4, 0.5) is 11.6 Å². The van der Waals surface area contributed by atoms with E-state index in [1.165, 1.54) is 4.31 Å². The van der Waals surface area contributed by atoms with Crippen LogP contribution in [0.15, 0.2) is 71.6 Å². The van der Waals surface area contributed by atoms with Gasteiger partial charge in [0.2, 0.25) is 11.9 Å². The molecule has 0 atom stereocenters. The standard InChI is InChI=1S/C23H21N7O3S/c31-21(16-29-19-10-4-6-17-7-5-11-20(22(17)19)34(29,32)33)27-12-14-28(15-13-27)23-24-25-26-30(23)18-8-2-1-3-9-18/h1-11H,12-16H2. The second-order valence-corrected chi connectivity index (χ2v) is 10.1. The first-order valence-electron chi connectivity index (χ1n) is 10.9. The minimum Gasteiger partial charge on any atom is -0.338 e. The monoisotopic (exact) mass is 475 g/mol. The van der Waals surface area contributed by atoms with E-state index in [0.717, 1.165) is 11.1 Å². The molecule has 1 saturated heterocycles. The van der Waals surface area contributed by atoms with Crippen LogP contribution in [0.2, 0.25) is 0 Å². The fraction of sp³-hybridized carbons (Fsp3) is 0.217. The van der Waals surface area contributed by atoms with Crippen LogP contribution in [0.5, 0.6) is 0 Å². The zero-order valence-electron chi connectivity index (χ0n) is 18.1. The second kappa shape index (κ2) is 7.80. The summed E-state index contributed by atoms with van der Waals surface area (Å²) >= 11 is 0. The van der Waals surface area contributed by atoms with E-state index >= 15 is 0 Å². The summed E-state index contributed by atoms with van der Waals surface area (Å²) in [6, 6.07) is 20.3. The number of para-hydroxylation sites is 1. The van der Waals surface area contributed by atoms with Crippen molar-refractivity contribution in [1.29, 1.82) is 0 Å². The Kier molecular flexibility index (Phi) is 4.73. The maximum Gasteiger partial charge on any atom is 0.265 e. The Morgan fingerprint density at radius 2 is 1.62 bits per heavy atom. The molecule has 1 aromatic heterocycles. The number of nitrogens with zero attached hydrogens (tertiary/aromatic N) is 7. The maximum absolute atomic E-state index is 13.2. The van der Waals surface area contributed by atoms with Gasteiger partial charge in [-0.15, -0.1) is 0 Å². The number of hydrogen-bond donors (Lipinski definition) is 0. The van der Waals surface area contributed by atoms with Crippen molar-refractivity contribution in [2.75, 3.05) is 41.9 Å². The summed E-state index contributed by atoms with van der Waals surface area (Å²) in [4.78, 5) is 17.1. The zero-order valence-corrected chi connectivity index (χ0v) is 19.0. The lowest BCUT2D eigenvalue weighted by Gasteiger charge is -2.35. The van der Waals surface area contributed by atoms with Gasteiger partial charge in [-0.25, -0.2) is 8.42 Å². The largest absolute Gasteiger partial charge is 0.338 e. The van der Waals surface area contributed by atoms with Crippen LogP contribution in [-0.2, 0) is 14.8 Å². The van der Waals surface area contributed by atoms with Gasteiger partial charge in [0.25, 0.3) is 10.0 Å². The first kappa shape index (κ1) is 20.6. The molecule has 0 radical (unpaired) electrons. The van der Waals surface area contributed by atoms with E-state index in [-0.39, 0.29) is 17.3 Å². The van der Waals surface area contributed by atoms with Crippen molar-refractivity contribution in [3.63, 3.8) is 0 Å². The predicted octanol–water partition coefficient (Wildman–Crippen LogP) is 1.67. The fourth-order valence-corrected chi connectivity index (χ4v) is 6.28. The molecule has 0 bridgehead atoms. The number of carbonyl (C=O) groups excluding carboxylic acids is 1. The van der Waals surface area contributed by atoms with Crippen LogP contribution < -0.4 is 9.21 Å². The highest BCUT2D eigenvalue weighted by molar-refractivity contribution is 7.93. The van der Waals surface area contributed by atoms with E-state index in [1.807, 2.05) is 53.4 Å². The number of anilines is 2. The quantitative estimate of drug-likeness (QED) is 0.442. The minimum atomic E-state index is -3.77. The average Bonchev–Trinajstić information content (AvgIpc) is 3.44. The van der Waals surface area contributed by atoms with Crippen molar-refractivity contribution in [2.24, 2.45) is 0 Å². The molecule has 0 N–H and O–H groups in total. The van der Waals surface area contributed by atoms with Gasteiger partial charge < -0.3 is 9.80 Å². The topological polar surface area (TPSA) is 105 Å². The number of benzene rings is 3. The second-order valence-electron chi connectivity index (χ2n) is 8.24. The molecule has 3 heterocycles. The molecule has 0 saturated carbocycles. The molecule has 11 heteroatoms. The van der Waals surface area contributed by atoms with Gasteiger partial charge in [-0.2, -0.15) is 4.68 Å². The molecular weight excluding hydrogens is 454 g/mol. The molecule has 34 heavy (non-hydrogen) atoms. The predicted molar refractivity (Wildman–Crippen MR) is 126 cm³/mol. The third-order valence-corrected chi connectivity index (χ3v) is 8.13. The van der Waals surface area contributed by atoms with E-state index in [9.17, 15) is 13.2 Å². The molecular formula is C23H21N7O3S. The van der Waals surface area contributed by atoms with Gasteiger partial charge in [0.05, 0.1) is 16.3 Å². The van der Waals surface area contributed by atoms with Gasteiger partial charge in [-0.3, -0.25) is 9.10 Å². The molecule has 172 valence electrons. The Bertz CT molecular complexity index is 1490. The minimum absolute atomic E-state index is 0.224. The smallest absolute Gasteiger partial charge is 0.265 e. The Morgan fingerprint density at radius 1 is 0.882 bits per heavy atom. The Morgan fingerprint density at radius 3 is 2.38 bits per heavy atom. The first-order chi connectivity index (χ1) is 16.5. The van der Waals surface area contributed by atoms with Gasteiger partial charge in [0.1, 0.15) is 6.54 Å².